The van der Waals surface area contributed by atoms with Crippen molar-refractivity contribution < 1.29 is 39.1 Å². The molecule has 8 nitrogen and oxygen atoms in total. The molecule has 0 bridgehead atoms. The van der Waals surface area contributed by atoms with E-state index in [0.717, 1.165) is 5.56 Å². The van der Waals surface area contributed by atoms with Crippen LogP contribution in [0.3, 0.4) is 0 Å². The zero-order valence-electron chi connectivity index (χ0n) is 15.2. The molecule has 2 aromatic carbocycles. The number of aliphatic hydroxyl groups is 1. The van der Waals surface area contributed by atoms with E-state index in [9.17, 15) is 20.1 Å². The van der Waals surface area contributed by atoms with Gasteiger partial charge in [0.2, 0.25) is 12.5 Å². The van der Waals surface area contributed by atoms with Crippen molar-refractivity contribution >= 4 is 5.97 Å². The second kappa shape index (κ2) is 6.79. The maximum atomic E-state index is 12.3. The molecule has 0 amide bonds. The van der Waals surface area contributed by atoms with Gasteiger partial charge in [-0.05, 0) is 41.8 Å². The second-order valence-electron chi connectivity index (χ2n) is 6.95. The first-order valence-electron chi connectivity index (χ1n) is 8.77. The Bertz CT molecular complexity index is 925. The molecule has 2 atom stereocenters. The summed E-state index contributed by atoms with van der Waals surface area (Å²) in [7, 11) is 1.35. The van der Waals surface area contributed by atoms with Crippen molar-refractivity contribution in [2.75, 3.05) is 20.5 Å². The molecule has 2 aromatic rings. The average molecular weight is 388 g/mol. The molecular formula is C20H20O8. The molecule has 0 aromatic heterocycles. The minimum absolute atomic E-state index is 0.0530. The summed E-state index contributed by atoms with van der Waals surface area (Å²) < 4.78 is 20.8. The lowest BCUT2D eigenvalue weighted by Gasteiger charge is -2.26. The van der Waals surface area contributed by atoms with Gasteiger partial charge in [-0.15, -0.1) is 0 Å². The van der Waals surface area contributed by atoms with E-state index >= 15 is 0 Å². The predicted molar refractivity (Wildman–Crippen MR) is 95.7 cm³/mol. The normalized spacial score (nSPS) is 22.9. The molecule has 1 fully saturated rings. The highest BCUT2D eigenvalue weighted by molar-refractivity contribution is 5.82. The molecule has 0 aliphatic carbocycles. The Hall–Kier alpha value is -3.13. The minimum Gasteiger partial charge on any atom is -0.504 e. The summed E-state index contributed by atoms with van der Waals surface area (Å²) in [5.74, 6) is -0.672. The first kappa shape index (κ1) is 18.2. The van der Waals surface area contributed by atoms with Crippen LogP contribution in [0, 0.1) is 5.92 Å². The lowest BCUT2D eigenvalue weighted by molar-refractivity contribution is -0.154. The Morgan fingerprint density at radius 3 is 2.68 bits per heavy atom. The van der Waals surface area contributed by atoms with Crippen molar-refractivity contribution in [2.45, 2.75) is 18.4 Å². The standard InChI is InChI=1S/C20H20O8/c1-25-17-7-12(5-14(21)18(17)22)8-20(24)13(9-26-19(20)23)4-11-2-3-15-16(6-11)28-10-27-15/h2-3,5-7,13,21-22,24H,4,8-10H2,1H3/t13-,20-/m1/s1. The lowest BCUT2D eigenvalue weighted by atomic mass is 9.80. The third kappa shape index (κ3) is 3.05. The van der Waals surface area contributed by atoms with Crippen LogP contribution in [0.25, 0.3) is 0 Å². The van der Waals surface area contributed by atoms with Crippen molar-refractivity contribution in [1.82, 2.24) is 0 Å². The molecule has 0 saturated carbocycles. The summed E-state index contributed by atoms with van der Waals surface area (Å²) in [6, 6.07) is 8.22. The summed E-state index contributed by atoms with van der Waals surface area (Å²) >= 11 is 0. The van der Waals surface area contributed by atoms with Crippen molar-refractivity contribution in [3.63, 3.8) is 0 Å². The van der Waals surface area contributed by atoms with Gasteiger partial charge in [-0.2, -0.15) is 0 Å². The number of fused-ring (bicyclic) bond motifs is 1. The van der Waals surface area contributed by atoms with Crippen LogP contribution in [0.2, 0.25) is 0 Å². The number of esters is 1. The third-order valence-corrected chi connectivity index (χ3v) is 5.17. The number of methoxy groups -OCH3 is 1. The van der Waals surface area contributed by atoms with Gasteiger partial charge in [0.25, 0.3) is 0 Å². The first-order chi connectivity index (χ1) is 13.4. The molecule has 0 unspecified atom stereocenters. The number of carbonyl (C=O) groups excluding carboxylic acids is 1. The van der Waals surface area contributed by atoms with Gasteiger partial charge in [0.05, 0.1) is 13.7 Å². The molecule has 0 radical (unpaired) electrons. The highest BCUT2D eigenvalue weighted by Gasteiger charge is 2.51. The van der Waals surface area contributed by atoms with Crippen LogP contribution in [-0.2, 0) is 22.4 Å². The van der Waals surface area contributed by atoms with E-state index in [4.69, 9.17) is 18.9 Å². The highest BCUT2D eigenvalue weighted by atomic mass is 16.7. The number of ether oxygens (including phenoxy) is 4. The van der Waals surface area contributed by atoms with Crippen molar-refractivity contribution in [3.8, 4) is 28.7 Å². The van der Waals surface area contributed by atoms with E-state index in [1.54, 1.807) is 6.07 Å². The summed E-state index contributed by atoms with van der Waals surface area (Å²) in [5, 5.41) is 30.8. The predicted octanol–water partition coefficient (Wildman–Crippen LogP) is 1.52. The van der Waals surface area contributed by atoms with Gasteiger partial charge in [0.1, 0.15) is 0 Å². The van der Waals surface area contributed by atoms with Gasteiger partial charge in [0.15, 0.2) is 28.6 Å². The fourth-order valence-corrected chi connectivity index (χ4v) is 3.62. The van der Waals surface area contributed by atoms with E-state index in [1.165, 1.54) is 19.2 Å². The van der Waals surface area contributed by atoms with E-state index < -0.39 is 29.0 Å². The molecule has 2 aliphatic rings. The van der Waals surface area contributed by atoms with Crippen molar-refractivity contribution in [2.24, 2.45) is 5.92 Å². The van der Waals surface area contributed by atoms with E-state index in [2.05, 4.69) is 0 Å². The van der Waals surface area contributed by atoms with Crippen LogP contribution in [0.5, 0.6) is 28.7 Å². The first-order valence-corrected chi connectivity index (χ1v) is 8.77. The molecule has 0 spiro atoms. The van der Waals surface area contributed by atoms with Crippen molar-refractivity contribution in [3.05, 3.63) is 41.5 Å². The number of phenols is 2. The third-order valence-electron chi connectivity index (χ3n) is 5.17. The van der Waals surface area contributed by atoms with Crippen LogP contribution in [-0.4, -0.2) is 47.4 Å². The Morgan fingerprint density at radius 2 is 1.89 bits per heavy atom. The molecule has 1 saturated heterocycles. The zero-order chi connectivity index (χ0) is 19.9. The summed E-state index contributed by atoms with van der Waals surface area (Å²) in [5.41, 5.74) is -0.466. The number of rotatable bonds is 5. The Kier molecular flexibility index (Phi) is 4.43. The number of aromatic hydroxyl groups is 2. The Balaban J connectivity index is 1.59. The van der Waals surface area contributed by atoms with Crippen molar-refractivity contribution in [1.29, 1.82) is 0 Å². The van der Waals surface area contributed by atoms with Gasteiger partial charge in [-0.3, -0.25) is 0 Å². The molecule has 8 heteroatoms. The molecule has 2 aliphatic heterocycles. The average Bonchev–Trinajstić information content (AvgIpc) is 3.24. The smallest absolute Gasteiger partial charge is 0.338 e. The SMILES string of the molecule is COc1cc(C[C@]2(O)C(=O)OC[C@H]2Cc2ccc3c(c2)OCO3)cc(O)c1O. The second-order valence-corrected chi connectivity index (χ2v) is 6.95. The molecule has 3 N–H and O–H groups in total. The Morgan fingerprint density at radius 1 is 1.11 bits per heavy atom. The molecule has 4 rings (SSSR count). The minimum atomic E-state index is -1.77. The van der Waals surface area contributed by atoms with E-state index in [-0.39, 0.29) is 25.6 Å². The van der Waals surface area contributed by atoms with Crippen LogP contribution < -0.4 is 14.2 Å². The molecule has 28 heavy (non-hydrogen) atoms. The maximum absolute atomic E-state index is 12.3. The van der Waals surface area contributed by atoms with E-state index in [1.807, 2.05) is 12.1 Å². The van der Waals surface area contributed by atoms with Crippen LogP contribution in [0.4, 0.5) is 0 Å². The van der Waals surface area contributed by atoms with Crippen LogP contribution in [0.1, 0.15) is 11.1 Å². The fraction of sp³-hybridized carbons (Fsp3) is 0.350. The zero-order valence-corrected chi connectivity index (χ0v) is 15.2. The number of hydrogen-bond acceptors (Lipinski definition) is 8. The summed E-state index contributed by atoms with van der Waals surface area (Å²) in [6.07, 6.45) is 0.297. The van der Waals surface area contributed by atoms with Gasteiger partial charge in [-0.25, -0.2) is 4.79 Å². The monoisotopic (exact) mass is 388 g/mol. The molecule has 148 valence electrons. The van der Waals surface area contributed by atoms with Gasteiger partial charge in [-0.1, -0.05) is 6.07 Å². The summed E-state index contributed by atoms with van der Waals surface area (Å²) in [4.78, 5) is 12.3. The van der Waals surface area contributed by atoms with Gasteiger partial charge >= 0.3 is 5.97 Å². The Labute approximate surface area is 160 Å². The number of cyclic esters (lactones) is 1. The summed E-state index contributed by atoms with van der Waals surface area (Å²) in [6.45, 7) is 0.241. The fourth-order valence-electron chi connectivity index (χ4n) is 3.62. The van der Waals surface area contributed by atoms with E-state index in [0.29, 0.717) is 23.5 Å². The maximum Gasteiger partial charge on any atom is 0.338 e. The molecule has 2 heterocycles. The van der Waals surface area contributed by atoms with Gasteiger partial charge < -0.3 is 34.3 Å². The van der Waals surface area contributed by atoms with Gasteiger partial charge in [0, 0.05) is 12.3 Å². The largest absolute Gasteiger partial charge is 0.504 e. The number of benzene rings is 2. The highest BCUT2D eigenvalue weighted by Crippen LogP contribution is 2.40. The number of phenolic OH excluding ortho intramolecular Hbond substituents is 2. The topological polar surface area (TPSA) is 115 Å². The lowest BCUT2D eigenvalue weighted by Crippen LogP contribution is -2.44. The quantitative estimate of drug-likeness (QED) is 0.522. The van der Waals surface area contributed by atoms with Crippen LogP contribution >= 0.6 is 0 Å². The van der Waals surface area contributed by atoms with Crippen LogP contribution in [0.15, 0.2) is 30.3 Å². The number of carbonyl (C=O) groups is 1. The number of hydrogen-bond donors (Lipinski definition) is 3. The molecular weight excluding hydrogens is 368 g/mol.